The van der Waals surface area contributed by atoms with Gasteiger partial charge < -0.3 is 10.1 Å². The second-order valence-corrected chi connectivity index (χ2v) is 4.30. The van der Waals surface area contributed by atoms with Gasteiger partial charge in [0.05, 0.1) is 11.2 Å². The molecule has 0 amide bonds. The van der Waals surface area contributed by atoms with E-state index >= 15 is 0 Å². The largest absolute Gasteiger partial charge is 0.489 e. The Morgan fingerprint density at radius 3 is 2.60 bits per heavy atom. The zero-order valence-electron chi connectivity index (χ0n) is 10.3. The van der Waals surface area contributed by atoms with Crippen molar-refractivity contribution in [1.82, 2.24) is 0 Å². The lowest BCUT2D eigenvalue weighted by Crippen LogP contribution is -2.40. The average molecular weight is 207 g/mol. The molecule has 2 rings (SSSR count). The van der Waals surface area contributed by atoms with Gasteiger partial charge >= 0.3 is 0 Å². The van der Waals surface area contributed by atoms with Crippen LogP contribution in [0.2, 0.25) is 0 Å². The third kappa shape index (κ3) is 2.88. The zero-order valence-corrected chi connectivity index (χ0v) is 10.3. The van der Waals surface area contributed by atoms with E-state index in [1.807, 2.05) is 19.9 Å². The minimum Gasteiger partial charge on any atom is -0.489 e. The van der Waals surface area contributed by atoms with Crippen molar-refractivity contribution in [3.8, 4) is 5.75 Å². The molecule has 84 valence electrons. The van der Waals surface area contributed by atoms with E-state index in [-0.39, 0.29) is 5.54 Å². The minimum atomic E-state index is 0.0425. The second-order valence-electron chi connectivity index (χ2n) is 4.30. The molecule has 1 heterocycles. The quantitative estimate of drug-likeness (QED) is 0.701. The van der Waals surface area contributed by atoms with E-state index in [9.17, 15) is 0 Å². The number of rotatable bonds is 0. The first-order chi connectivity index (χ1) is 7.07. The van der Waals surface area contributed by atoms with Crippen LogP contribution >= 0.6 is 0 Å². The predicted molar refractivity (Wildman–Crippen MR) is 65.7 cm³/mol. The molecular weight excluding hydrogens is 186 g/mol. The molecule has 0 aliphatic carbocycles. The SMILES string of the molecule is CC.Cc1ccc2c(c1)NC(C)(C)CO2. The van der Waals surface area contributed by atoms with Gasteiger partial charge in [-0.25, -0.2) is 0 Å². The van der Waals surface area contributed by atoms with E-state index in [1.54, 1.807) is 0 Å². The van der Waals surface area contributed by atoms with Crippen LogP contribution in [0.4, 0.5) is 5.69 Å². The van der Waals surface area contributed by atoms with Crippen LogP contribution in [-0.4, -0.2) is 12.1 Å². The van der Waals surface area contributed by atoms with Crippen LogP contribution in [-0.2, 0) is 0 Å². The number of anilines is 1. The van der Waals surface area contributed by atoms with Crippen LogP contribution in [0.1, 0.15) is 33.3 Å². The molecule has 1 aromatic rings. The Hall–Kier alpha value is -1.18. The number of ether oxygens (including phenoxy) is 1. The molecular formula is C13H21NO. The van der Waals surface area contributed by atoms with E-state index < -0.39 is 0 Å². The lowest BCUT2D eigenvalue weighted by atomic mass is 10.0. The van der Waals surface area contributed by atoms with Gasteiger partial charge in [0.15, 0.2) is 0 Å². The molecule has 2 heteroatoms. The summed E-state index contributed by atoms with van der Waals surface area (Å²) in [5, 5.41) is 3.45. The van der Waals surface area contributed by atoms with Crippen LogP contribution in [0, 0.1) is 6.92 Å². The molecule has 1 aromatic carbocycles. The molecule has 0 spiro atoms. The highest BCUT2D eigenvalue weighted by molar-refractivity contribution is 5.60. The van der Waals surface area contributed by atoms with Gasteiger partial charge in [-0.15, -0.1) is 0 Å². The van der Waals surface area contributed by atoms with Crippen molar-refractivity contribution in [3.63, 3.8) is 0 Å². The van der Waals surface area contributed by atoms with Crippen LogP contribution in [0.3, 0.4) is 0 Å². The summed E-state index contributed by atoms with van der Waals surface area (Å²) >= 11 is 0. The molecule has 0 radical (unpaired) electrons. The third-order valence-electron chi connectivity index (χ3n) is 2.20. The van der Waals surface area contributed by atoms with Crippen molar-refractivity contribution in [3.05, 3.63) is 23.8 Å². The van der Waals surface area contributed by atoms with Crippen molar-refractivity contribution in [2.45, 2.75) is 40.2 Å². The zero-order chi connectivity index (χ0) is 11.5. The Morgan fingerprint density at radius 2 is 1.93 bits per heavy atom. The summed E-state index contributed by atoms with van der Waals surface area (Å²) in [4.78, 5) is 0. The summed E-state index contributed by atoms with van der Waals surface area (Å²) in [6.45, 7) is 11.1. The number of benzene rings is 1. The van der Waals surface area contributed by atoms with E-state index in [0.29, 0.717) is 0 Å². The highest BCUT2D eigenvalue weighted by atomic mass is 16.5. The average Bonchev–Trinajstić information content (AvgIpc) is 2.19. The molecule has 0 bridgehead atoms. The Kier molecular flexibility index (Phi) is 3.61. The summed E-state index contributed by atoms with van der Waals surface area (Å²) in [6, 6.07) is 6.21. The van der Waals surface area contributed by atoms with Gasteiger partial charge in [0.25, 0.3) is 0 Å². The monoisotopic (exact) mass is 207 g/mol. The summed E-state index contributed by atoms with van der Waals surface area (Å²) in [6.07, 6.45) is 0. The van der Waals surface area contributed by atoms with Crippen LogP contribution in [0.5, 0.6) is 5.75 Å². The number of aryl methyl sites for hydroxylation is 1. The van der Waals surface area contributed by atoms with E-state index in [0.717, 1.165) is 18.0 Å². The van der Waals surface area contributed by atoms with Crippen molar-refractivity contribution < 1.29 is 4.74 Å². The normalized spacial score (nSPS) is 16.3. The molecule has 1 aliphatic rings. The van der Waals surface area contributed by atoms with Gasteiger partial charge in [0, 0.05) is 0 Å². The summed E-state index contributed by atoms with van der Waals surface area (Å²) in [5.41, 5.74) is 2.41. The number of hydrogen-bond donors (Lipinski definition) is 1. The fraction of sp³-hybridized carbons (Fsp3) is 0.538. The van der Waals surface area contributed by atoms with Gasteiger partial charge in [0.2, 0.25) is 0 Å². The van der Waals surface area contributed by atoms with Gasteiger partial charge in [-0.1, -0.05) is 19.9 Å². The van der Waals surface area contributed by atoms with Gasteiger partial charge in [-0.2, -0.15) is 0 Å². The Bertz CT molecular complexity index is 331. The van der Waals surface area contributed by atoms with Gasteiger partial charge in [-0.3, -0.25) is 0 Å². The van der Waals surface area contributed by atoms with Crippen molar-refractivity contribution in [2.75, 3.05) is 11.9 Å². The maximum absolute atomic E-state index is 5.63. The second kappa shape index (κ2) is 4.56. The standard InChI is InChI=1S/C11H15NO.C2H6/c1-8-4-5-10-9(6-8)12-11(2,3)7-13-10;1-2/h4-6,12H,7H2,1-3H3;1-2H3. The smallest absolute Gasteiger partial charge is 0.142 e. The number of fused-ring (bicyclic) bond motifs is 1. The first kappa shape index (κ1) is 11.9. The van der Waals surface area contributed by atoms with Crippen molar-refractivity contribution >= 4 is 5.69 Å². The van der Waals surface area contributed by atoms with Crippen molar-refractivity contribution in [1.29, 1.82) is 0 Å². The minimum absolute atomic E-state index is 0.0425. The predicted octanol–water partition coefficient (Wildman–Crippen LogP) is 3.60. The fourth-order valence-electron chi connectivity index (χ4n) is 1.53. The summed E-state index contributed by atoms with van der Waals surface area (Å²) in [7, 11) is 0. The molecule has 1 aliphatic heterocycles. The lowest BCUT2D eigenvalue weighted by molar-refractivity contribution is 0.242. The number of nitrogens with one attached hydrogen (secondary N) is 1. The molecule has 0 saturated carbocycles. The Balaban J connectivity index is 0.000000531. The molecule has 1 N–H and O–H groups in total. The van der Waals surface area contributed by atoms with Crippen LogP contribution < -0.4 is 10.1 Å². The third-order valence-corrected chi connectivity index (χ3v) is 2.20. The fourth-order valence-corrected chi connectivity index (χ4v) is 1.53. The maximum Gasteiger partial charge on any atom is 0.142 e. The highest BCUT2D eigenvalue weighted by Gasteiger charge is 2.25. The van der Waals surface area contributed by atoms with Gasteiger partial charge in [-0.05, 0) is 38.5 Å². The Morgan fingerprint density at radius 1 is 1.27 bits per heavy atom. The molecule has 0 saturated heterocycles. The van der Waals surface area contributed by atoms with Gasteiger partial charge in [0.1, 0.15) is 12.4 Å². The lowest BCUT2D eigenvalue weighted by Gasteiger charge is -2.33. The van der Waals surface area contributed by atoms with E-state index in [1.165, 1.54) is 5.56 Å². The highest BCUT2D eigenvalue weighted by Crippen LogP contribution is 2.32. The van der Waals surface area contributed by atoms with E-state index in [4.69, 9.17) is 4.74 Å². The molecule has 0 unspecified atom stereocenters. The first-order valence-corrected chi connectivity index (χ1v) is 5.58. The van der Waals surface area contributed by atoms with Crippen molar-refractivity contribution in [2.24, 2.45) is 0 Å². The summed E-state index contributed by atoms with van der Waals surface area (Å²) < 4.78 is 5.63. The van der Waals surface area contributed by atoms with E-state index in [2.05, 4.69) is 38.2 Å². The molecule has 0 aromatic heterocycles. The molecule has 2 nitrogen and oxygen atoms in total. The molecule has 0 fully saturated rings. The first-order valence-electron chi connectivity index (χ1n) is 5.58. The molecule has 15 heavy (non-hydrogen) atoms. The Labute approximate surface area is 92.6 Å². The maximum atomic E-state index is 5.63. The van der Waals surface area contributed by atoms with Crippen LogP contribution in [0.15, 0.2) is 18.2 Å². The topological polar surface area (TPSA) is 21.3 Å². The molecule has 0 atom stereocenters. The summed E-state index contributed by atoms with van der Waals surface area (Å²) in [5.74, 6) is 0.963. The number of hydrogen-bond acceptors (Lipinski definition) is 2. The van der Waals surface area contributed by atoms with Crippen LogP contribution in [0.25, 0.3) is 0 Å².